The molecule has 2 aromatic heterocycles. The molecule has 10 heteroatoms. The maximum absolute atomic E-state index is 13.9. The van der Waals surface area contributed by atoms with Crippen molar-refractivity contribution in [1.82, 2.24) is 9.55 Å². The second-order valence-corrected chi connectivity index (χ2v) is 8.34. The summed E-state index contributed by atoms with van der Waals surface area (Å²) in [5, 5.41) is 19.4. The molecule has 3 aromatic rings. The Morgan fingerprint density at radius 2 is 1.89 bits per heavy atom. The number of carbonyl (C=O) groups is 1. The standard InChI is InChI=1S/C18H16F2N2O5S/c1-28(26,27)13-6-11-7-14(16(23)15(20)18(24)25)22(17(11)21-8-13)9-10-2-4-12(19)5-3-10/h2-8,15-16,23H,9H2,1H3,(H,24,25). The second-order valence-electron chi connectivity index (χ2n) is 6.32. The highest BCUT2D eigenvalue weighted by Crippen LogP contribution is 2.29. The van der Waals surface area contributed by atoms with Crippen molar-refractivity contribution in [2.24, 2.45) is 0 Å². The number of aromatic nitrogens is 2. The highest BCUT2D eigenvalue weighted by molar-refractivity contribution is 7.90. The number of halogens is 2. The van der Waals surface area contributed by atoms with Crippen LogP contribution in [0.5, 0.6) is 0 Å². The minimum atomic E-state index is -3.56. The van der Waals surface area contributed by atoms with Gasteiger partial charge in [0, 0.05) is 24.4 Å². The number of nitrogens with zero attached hydrogens (tertiary/aromatic N) is 2. The van der Waals surface area contributed by atoms with Crippen LogP contribution >= 0.6 is 0 Å². The van der Waals surface area contributed by atoms with Crippen LogP contribution in [0, 0.1) is 5.82 Å². The van der Waals surface area contributed by atoms with Gasteiger partial charge in [-0.25, -0.2) is 27.0 Å². The van der Waals surface area contributed by atoms with Crippen LogP contribution in [0.25, 0.3) is 11.0 Å². The first-order chi connectivity index (χ1) is 13.1. The Balaban J connectivity index is 2.17. The first-order valence-electron chi connectivity index (χ1n) is 8.06. The molecule has 3 rings (SSSR count). The SMILES string of the molecule is CS(=O)(=O)c1cnc2c(c1)cc(C(O)C(F)C(=O)O)n2Cc1ccc(F)cc1. The maximum atomic E-state index is 13.9. The Hall–Kier alpha value is -2.85. The molecule has 2 unspecified atom stereocenters. The summed E-state index contributed by atoms with van der Waals surface area (Å²) in [5.41, 5.74) is 0.725. The number of carboxylic acids is 1. The molecular weight excluding hydrogens is 394 g/mol. The van der Waals surface area contributed by atoms with E-state index in [4.69, 9.17) is 5.11 Å². The number of hydrogen-bond acceptors (Lipinski definition) is 5. The molecule has 0 saturated heterocycles. The summed E-state index contributed by atoms with van der Waals surface area (Å²) >= 11 is 0. The lowest BCUT2D eigenvalue weighted by atomic mass is 10.1. The number of alkyl halides is 1. The summed E-state index contributed by atoms with van der Waals surface area (Å²) in [6, 6.07) is 8.01. The van der Waals surface area contributed by atoms with E-state index in [1.54, 1.807) is 0 Å². The first kappa shape index (κ1) is 19.9. The maximum Gasteiger partial charge on any atom is 0.341 e. The second kappa shape index (κ2) is 7.28. The number of carboxylic acid groups (broad SMARTS) is 1. The average Bonchev–Trinajstić information content (AvgIpc) is 2.99. The lowest BCUT2D eigenvalue weighted by Crippen LogP contribution is -2.25. The molecule has 2 N–H and O–H groups in total. The van der Waals surface area contributed by atoms with Crippen molar-refractivity contribution in [3.63, 3.8) is 0 Å². The normalized spacial score (nSPS) is 14.1. The molecule has 28 heavy (non-hydrogen) atoms. The molecule has 0 bridgehead atoms. The molecule has 0 radical (unpaired) electrons. The van der Waals surface area contributed by atoms with Crippen molar-refractivity contribution >= 4 is 26.8 Å². The van der Waals surface area contributed by atoms with Crippen LogP contribution in [0.15, 0.2) is 47.5 Å². The van der Waals surface area contributed by atoms with Crippen LogP contribution in [0.3, 0.4) is 0 Å². The van der Waals surface area contributed by atoms with Crippen LogP contribution in [-0.2, 0) is 21.2 Å². The summed E-state index contributed by atoms with van der Waals surface area (Å²) in [4.78, 5) is 15.0. The summed E-state index contributed by atoms with van der Waals surface area (Å²) in [6.07, 6.45) is -2.47. The van der Waals surface area contributed by atoms with Gasteiger partial charge in [0.05, 0.1) is 10.6 Å². The number of hydrogen-bond donors (Lipinski definition) is 2. The van der Waals surface area contributed by atoms with Crippen LogP contribution in [0.1, 0.15) is 17.4 Å². The van der Waals surface area contributed by atoms with Crippen molar-refractivity contribution in [2.45, 2.75) is 23.7 Å². The number of aliphatic carboxylic acids is 1. The lowest BCUT2D eigenvalue weighted by molar-refractivity contribution is -0.147. The predicted molar refractivity (Wildman–Crippen MR) is 95.8 cm³/mol. The zero-order valence-corrected chi connectivity index (χ0v) is 15.4. The largest absolute Gasteiger partial charge is 0.479 e. The van der Waals surface area contributed by atoms with E-state index >= 15 is 0 Å². The number of aliphatic hydroxyl groups excluding tert-OH is 1. The highest BCUT2D eigenvalue weighted by atomic mass is 32.2. The van der Waals surface area contributed by atoms with E-state index in [2.05, 4.69) is 4.98 Å². The van der Waals surface area contributed by atoms with E-state index in [1.807, 2.05) is 0 Å². The van der Waals surface area contributed by atoms with Crippen LogP contribution in [0.4, 0.5) is 8.78 Å². The molecule has 2 heterocycles. The van der Waals surface area contributed by atoms with Gasteiger partial charge in [-0.3, -0.25) is 0 Å². The Bertz CT molecular complexity index is 1140. The van der Waals surface area contributed by atoms with Gasteiger partial charge in [0.1, 0.15) is 17.6 Å². The molecule has 0 saturated carbocycles. The Kier molecular flexibility index (Phi) is 5.18. The van der Waals surface area contributed by atoms with Gasteiger partial charge in [-0.2, -0.15) is 0 Å². The number of pyridine rings is 1. The average molecular weight is 410 g/mol. The van der Waals surface area contributed by atoms with Gasteiger partial charge >= 0.3 is 5.97 Å². The van der Waals surface area contributed by atoms with E-state index in [0.717, 1.165) is 12.5 Å². The monoisotopic (exact) mass is 410 g/mol. The van der Waals surface area contributed by atoms with Crippen LogP contribution in [0.2, 0.25) is 0 Å². The van der Waals surface area contributed by atoms with Crippen molar-refractivity contribution in [2.75, 3.05) is 6.26 Å². The van der Waals surface area contributed by atoms with E-state index in [0.29, 0.717) is 5.56 Å². The fraction of sp³-hybridized carbons (Fsp3) is 0.222. The molecule has 0 spiro atoms. The van der Waals surface area contributed by atoms with E-state index in [1.165, 1.54) is 41.0 Å². The van der Waals surface area contributed by atoms with Crippen molar-refractivity contribution in [1.29, 1.82) is 0 Å². The minimum Gasteiger partial charge on any atom is -0.479 e. The zero-order chi connectivity index (χ0) is 20.6. The summed E-state index contributed by atoms with van der Waals surface area (Å²) < 4.78 is 52.0. The zero-order valence-electron chi connectivity index (χ0n) is 14.6. The van der Waals surface area contributed by atoms with Crippen molar-refractivity contribution in [3.05, 3.63) is 59.7 Å². The van der Waals surface area contributed by atoms with E-state index in [9.17, 15) is 27.1 Å². The fourth-order valence-electron chi connectivity index (χ4n) is 2.82. The molecule has 0 amide bonds. The quantitative estimate of drug-likeness (QED) is 0.644. The Morgan fingerprint density at radius 3 is 2.46 bits per heavy atom. The third-order valence-electron chi connectivity index (χ3n) is 4.24. The smallest absolute Gasteiger partial charge is 0.341 e. The number of rotatable bonds is 6. The third kappa shape index (κ3) is 3.87. The van der Waals surface area contributed by atoms with Crippen LogP contribution in [-0.4, -0.2) is 46.6 Å². The van der Waals surface area contributed by atoms with E-state index in [-0.39, 0.29) is 28.2 Å². The van der Waals surface area contributed by atoms with Gasteiger partial charge in [-0.15, -0.1) is 0 Å². The van der Waals surface area contributed by atoms with Crippen molar-refractivity contribution in [3.8, 4) is 0 Å². The summed E-state index contributed by atoms with van der Waals surface area (Å²) in [7, 11) is -3.56. The van der Waals surface area contributed by atoms with Gasteiger partial charge in [-0.05, 0) is 29.8 Å². The fourth-order valence-corrected chi connectivity index (χ4v) is 3.40. The summed E-state index contributed by atoms with van der Waals surface area (Å²) in [5.74, 6) is -2.29. The number of aliphatic hydroxyl groups is 1. The molecule has 148 valence electrons. The van der Waals surface area contributed by atoms with Gasteiger partial charge in [0.25, 0.3) is 0 Å². The lowest BCUT2D eigenvalue weighted by Gasteiger charge is -2.16. The number of benzene rings is 1. The molecule has 0 aliphatic heterocycles. The third-order valence-corrected chi connectivity index (χ3v) is 5.32. The van der Waals surface area contributed by atoms with Gasteiger partial charge in [-0.1, -0.05) is 12.1 Å². The molecule has 0 aliphatic rings. The Morgan fingerprint density at radius 1 is 1.25 bits per heavy atom. The number of fused-ring (bicyclic) bond motifs is 1. The molecule has 7 nitrogen and oxygen atoms in total. The van der Waals surface area contributed by atoms with Crippen LogP contribution < -0.4 is 0 Å². The van der Waals surface area contributed by atoms with Crippen molar-refractivity contribution < 1.29 is 32.2 Å². The first-order valence-corrected chi connectivity index (χ1v) is 9.95. The molecule has 0 fully saturated rings. The Labute approximate surface area is 158 Å². The summed E-state index contributed by atoms with van der Waals surface area (Å²) in [6.45, 7) is 0.0355. The predicted octanol–water partition coefficient (Wildman–Crippen LogP) is 2.08. The highest BCUT2D eigenvalue weighted by Gasteiger charge is 2.31. The van der Waals surface area contributed by atoms with Gasteiger partial charge in [0.2, 0.25) is 6.17 Å². The van der Waals surface area contributed by atoms with Gasteiger partial charge in [0.15, 0.2) is 9.84 Å². The van der Waals surface area contributed by atoms with Gasteiger partial charge < -0.3 is 14.8 Å². The van der Waals surface area contributed by atoms with E-state index < -0.39 is 33.9 Å². The number of sulfone groups is 1. The molecule has 2 atom stereocenters. The molecular formula is C18H16F2N2O5S. The minimum absolute atomic E-state index is 0.0355. The topological polar surface area (TPSA) is 109 Å². The molecule has 0 aliphatic carbocycles. The molecule has 1 aromatic carbocycles.